The summed E-state index contributed by atoms with van der Waals surface area (Å²) in [4.78, 5) is 4.32. The number of hydrogen-bond acceptors (Lipinski definition) is 4. The van der Waals surface area contributed by atoms with Crippen LogP contribution in [0.1, 0.15) is 18.1 Å². The number of hydrogen-bond donors (Lipinski definition) is 0. The van der Waals surface area contributed by atoms with Crippen LogP contribution >= 0.6 is 23.2 Å². The molecule has 0 saturated carbocycles. The summed E-state index contributed by atoms with van der Waals surface area (Å²) in [5, 5.41) is 5.42. The lowest BCUT2D eigenvalue weighted by molar-refractivity contribution is 0.344. The van der Waals surface area contributed by atoms with Gasteiger partial charge < -0.3 is 9.47 Å². The van der Waals surface area contributed by atoms with Gasteiger partial charge in [0.15, 0.2) is 6.40 Å². The molecular weight excluding hydrogens is 385 g/mol. The molecule has 0 aliphatic rings. The van der Waals surface area contributed by atoms with E-state index in [0.717, 1.165) is 28.3 Å². The molecule has 5 nitrogen and oxygen atoms in total. The Labute approximate surface area is 168 Å². The minimum atomic E-state index is 0.474. The molecule has 0 aliphatic carbocycles. The van der Waals surface area contributed by atoms with Crippen molar-refractivity contribution in [1.82, 2.24) is 9.78 Å². The van der Waals surface area contributed by atoms with Crippen molar-refractivity contribution < 1.29 is 9.47 Å². The standard InChI is InChI=1S/C20H19Cl2N3O2/c1-4-26-12-23-18-9-14(3)19(10-13(18)2)27-20-7-8-25(24-20)15-5-6-16(21)17(22)11-15/h5-12H,4H2,1-3H3/b23-12+. The number of ether oxygens (including phenoxy) is 2. The van der Waals surface area contributed by atoms with E-state index in [1.807, 2.05) is 39.0 Å². The van der Waals surface area contributed by atoms with Gasteiger partial charge in [-0.15, -0.1) is 5.10 Å². The summed E-state index contributed by atoms with van der Waals surface area (Å²) in [6.07, 6.45) is 3.26. The first-order chi connectivity index (χ1) is 13.0. The third kappa shape index (κ3) is 4.62. The van der Waals surface area contributed by atoms with E-state index in [9.17, 15) is 0 Å². The van der Waals surface area contributed by atoms with Crippen LogP contribution in [0.5, 0.6) is 11.6 Å². The van der Waals surface area contributed by atoms with Crippen LogP contribution in [0.3, 0.4) is 0 Å². The molecule has 7 heteroatoms. The van der Waals surface area contributed by atoms with Crippen LogP contribution in [0.2, 0.25) is 10.0 Å². The molecule has 1 heterocycles. The van der Waals surface area contributed by atoms with E-state index in [-0.39, 0.29) is 0 Å². The molecule has 0 amide bonds. The first-order valence-electron chi connectivity index (χ1n) is 8.42. The molecular formula is C20H19Cl2N3O2. The molecule has 3 aromatic rings. The second-order valence-corrected chi connectivity index (χ2v) is 6.71. The zero-order valence-electron chi connectivity index (χ0n) is 15.2. The monoisotopic (exact) mass is 403 g/mol. The van der Waals surface area contributed by atoms with E-state index in [2.05, 4.69) is 10.1 Å². The fourth-order valence-electron chi connectivity index (χ4n) is 2.44. The molecule has 0 spiro atoms. The predicted octanol–water partition coefficient (Wildman–Crippen LogP) is 6.28. The van der Waals surface area contributed by atoms with Crippen LogP contribution < -0.4 is 4.74 Å². The average molecular weight is 404 g/mol. The zero-order chi connectivity index (χ0) is 19.4. The molecule has 0 unspecified atom stereocenters. The lowest BCUT2D eigenvalue weighted by Gasteiger charge is -2.09. The quantitative estimate of drug-likeness (QED) is 0.359. The van der Waals surface area contributed by atoms with E-state index < -0.39 is 0 Å². The van der Waals surface area contributed by atoms with E-state index in [0.29, 0.717) is 22.5 Å². The third-order valence-corrected chi connectivity index (χ3v) is 4.61. The van der Waals surface area contributed by atoms with Crippen molar-refractivity contribution in [2.75, 3.05) is 6.61 Å². The summed E-state index contributed by atoms with van der Waals surface area (Å²) >= 11 is 12.0. The largest absolute Gasteiger partial charge is 0.483 e. The molecule has 0 bridgehead atoms. The highest BCUT2D eigenvalue weighted by Crippen LogP contribution is 2.31. The van der Waals surface area contributed by atoms with Crippen molar-refractivity contribution in [2.24, 2.45) is 4.99 Å². The second-order valence-electron chi connectivity index (χ2n) is 5.89. The van der Waals surface area contributed by atoms with E-state index >= 15 is 0 Å². The van der Waals surface area contributed by atoms with Crippen LogP contribution in [0.25, 0.3) is 5.69 Å². The predicted molar refractivity (Wildman–Crippen MR) is 109 cm³/mol. The van der Waals surface area contributed by atoms with Crippen molar-refractivity contribution in [3.63, 3.8) is 0 Å². The van der Waals surface area contributed by atoms with Crippen LogP contribution in [0.4, 0.5) is 5.69 Å². The number of aryl methyl sites for hydroxylation is 2. The molecule has 0 radical (unpaired) electrons. The van der Waals surface area contributed by atoms with Gasteiger partial charge in [-0.05, 0) is 62.2 Å². The highest BCUT2D eigenvalue weighted by Gasteiger charge is 2.09. The van der Waals surface area contributed by atoms with E-state index in [4.69, 9.17) is 32.7 Å². The van der Waals surface area contributed by atoms with Crippen molar-refractivity contribution in [1.29, 1.82) is 0 Å². The Morgan fingerprint density at radius 3 is 2.63 bits per heavy atom. The number of halogens is 2. The average Bonchev–Trinajstić information content (AvgIpc) is 3.10. The molecule has 0 atom stereocenters. The van der Waals surface area contributed by atoms with Crippen LogP contribution in [0, 0.1) is 13.8 Å². The Bertz CT molecular complexity index is 983. The van der Waals surface area contributed by atoms with Gasteiger partial charge in [-0.3, -0.25) is 0 Å². The van der Waals surface area contributed by atoms with Gasteiger partial charge in [0.2, 0.25) is 5.88 Å². The molecule has 0 fully saturated rings. The summed E-state index contributed by atoms with van der Waals surface area (Å²) in [7, 11) is 0. The smallest absolute Gasteiger partial charge is 0.238 e. The second kappa shape index (κ2) is 8.46. The van der Waals surface area contributed by atoms with Crippen LogP contribution in [0.15, 0.2) is 47.6 Å². The SMILES string of the molecule is CCO/C=N/c1cc(C)c(Oc2ccn(-c3ccc(Cl)c(Cl)c3)n2)cc1C. The van der Waals surface area contributed by atoms with Gasteiger partial charge in [0.05, 0.1) is 28.0 Å². The Hall–Kier alpha value is -2.50. The Morgan fingerprint density at radius 1 is 1.07 bits per heavy atom. The van der Waals surface area contributed by atoms with Gasteiger partial charge in [-0.1, -0.05) is 23.2 Å². The number of benzene rings is 2. The van der Waals surface area contributed by atoms with Gasteiger partial charge in [0.25, 0.3) is 0 Å². The maximum absolute atomic E-state index is 6.07. The van der Waals surface area contributed by atoms with Crippen molar-refractivity contribution in [3.8, 4) is 17.3 Å². The fraction of sp³-hybridized carbons (Fsp3) is 0.200. The molecule has 140 valence electrons. The summed E-state index contributed by atoms with van der Waals surface area (Å²) in [6, 6.07) is 11.0. The Balaban J connectivity index is 1.80. The first-order valence-corrected chi connectivity index (χ1v) is 9.18. The van der Waals surface area contributed by atoms with Gasteiger partial charge in [-0.25, -0.2) is 9.67 Å². The zero-order valence-corrected chi connectivity index (χ0v) is 16.8. The fourth-order valence-corrected chi connectivity index (χ4v) is 2.73. The summed E-state index contributed by atoms with van der Waals surface area (Å²) in [5.41, 5.74) is 3.58. The van der Waals surface area contributed by atoms with Gasteiger partial charge in [0.1, 0.15) is 5.75 Å². The summed E-state index contributed by atoms with van der Waals surface area (Å²) in [6.45, 7) is 6.44. The normalized spacial score (nSPS) is 11.1. The van der Waals surface area contributed by atoms with Crippen molar-refractivity contribution in [3.05, 3.63) is 63.8 Å². The van der Waals surface area contributed by atoms with Crippen molar-refractivity contribution >= 4 is 35.3 Å². The van der Waals surface area contributed by atoms with Gasteiger partial charge in [0, 0.05) is 12.3 Å². The maximum atomic E-state index is 6.07. The van der Waals surface area contributed by atoms with E-state index in [1.165, 1.54) is 6.40 Å². The Morgan fingerprint density at radius 2 is 1.89 bits per heavy atom. The molecule has 0 N–H and O–H groups in total. The van der Waals surface area contributed by atoms with E-state index in [1.54, 1.807) is 29.1 Å². The lowest BCUT2D eigenvalue weighted by Crippen LogP contribution is -1.96. The topological polar surface area (TPSA) is 48.6 Å². The molecule has 2 aromatic carbocycles. The van der Waals surface area contributed by atoms with Crippen molar-refractivity contribution in [2.45, 2.75) is 20.8 Å². The highest BCUT2D eigenvalue weighted by atomic mass is 35.5. The number of nitrogens with zero attached hydrogens (tertiary/aromatic N) is 3. The lowest BCUT2D eigenvalue weighted by atomic mass is 10.1. The maximum Gasteiger partial charge on any atom is 0.238 e. The first kappa shape index (κ1) is 19.3. The minimum Gasteiger partial charge on any atom is -0.483 e. The van der Waals surface area contributed by atoms with Gasteiger partial charge in [-0.2, -0.15) is 0 Å². The summed E-state index contributed by atoms with van der Waals surface area (Å²) in [5.74, 6) is 1.20. The number of rotatable bonds is 6. The molecule has 0 aliphatic heterocycles. The molecule has 1 aromatic heterocycles. The van der Waals surface area contributed by atoms with Crippen LogP contribution in [-0.4, -0.2) is 22.8 Å². The van der Waals surface area contributed by atoms with Crippen LogP contribution in [-0.2, 0) is 4.74 Å². The number of aliphatic imine (C=N–C) groups is 1. The third-order valence-electron chi connectivity index (χ3n) is 3.87. The summed E-state index contributed by atoms with van der Waals surface area (Å²) < 4.78 is 12.8. The minimum absolute atomic E-state index is 0.474. The molecule has 27 heavy (non-hydrogen) atoms. The molecule has 3 rings (SSSR count). The number of aromatic nitrogens is 2. The Kier molecular flexibility index (Phi) is 6.04. The van der Waals surface area contributed by atoms with Gasteiger partial charge >= 0.3 is 0 Å². The highest BCUT2D eigenvalue weighted by molar-refractivity contribution is 6.42. The molecule has 0 saturated heterocycles.